The molecule has 12 heteroatoms. The molecular weight excluding hydrogens is 602 g/mol. The van der Waals surface area contributed by atoms with Crippen LogP contribution in [0.5, 0.6) is 23.0 Å². The van der Waals surface area contributed by atoms with Gasteiger partial charge in [0.25, 0.3) is 11.8 Å². The first-order valence-corrected chi connectivity index (χ1v) is 16.2. The fraction of sp³-hybridized carbons (Fsp3) is 0.486. The minimum atomic E-state index is -0.530. The Balaban J connectivity index is 1.42. The van der Waals surface area contributed by atoms with E-state index in [9.17, 15) is 14.4 Å². The van der Waals surface area contributed by atoms with E-state index in [1.165, 1.54) is 7.11 Å². The van der Waals surface area contributed by atoms with Gasteiger partial charge in [-0.15, -0.1) is 0 Å². The maximum Gasteiger partial charge on any atom is 0.272 e. The van der Waals surface area contributed by atoms with Crippen LogP contribution >= 0.6 is 0 Å². The molecule has 2 aromatic carbocycles. The number of carbonyl (C=O) groups is 3. The predicted octanol–water partition coefficient (Wildman–Crippen LogP) is 3.54. The fourth-order valence-corrected chi connectivity index (χ4v) is 6.00. The summed E-state index contributed by atoms with van der Waals surface area (Å²) in [6.07, 6.45) is 1.57. The first-order valence-electron chi connectivity index (χ1n) is 16.2. The molecule has 6 rings (SSSR count). The number of hydrogen-bond donors (Lipinski definition) is 2. The second kappa shape index (κ2) is 15.2. The number of carbonyl (C=O) groups excluding carboxylic acids is 3. The van der Waals surface area contributed by atoms with Crippen molar-refractivity contribution in [2.24, 2.45) is 5.92 Å². The number of ether oxygens (including phenoxy) is 4. The van der Waals surface area contributed by atoms with Crippen molar-refractivity contribution in [3.63, 3.8) is 0 Å². The lowest BCUT2D eigenvalue weighted by molar-refractivity contribution is -0.125. The zero-order valence-corrected chi connectivity index (χ0v) is 27.8. The molecule has 0 saturated carbocycles. The fourth-order valence-electron chi connectivity index (χ4n) is 6.00. The Kier molecular flexibility index (Phi) is 10.9. The first-order chi connectivity index (χ1) is 22.7. The van der Waals surface area contributed by atoms with Crippen molar-refractivity contribution >= 4 is 17.7 Å². The number of piperidine rings is 1. The van der Waals surface area contributed by atoms with Crippen molar-refractivity contribution in [3.05, 3.63) is 65.0 Å². The Morgan fingerprint density at radius 2 is 1.85 bits per heavy atom. The van der Waals surface area contributed by atoms with E-state index in [0.717, 1.165) is 23.2 Å². The summed E-state index contributed by atoms with van der Waals surface area (Å²) in [5.74, 6) is 1.81. The Morgan fingerprint density at radius 3 is 2.60 bits per heavy atom. The quantitative estimate of drug-likeness (QED) is 0.415. The highest BCUT2D eigenvalue weighted by atomic mass is 16.5. The highest BCUT2D eigenvalue weighted by Gasteiger charge is 2.36. The third-order valence-corrected chi connectivity index (χ3v) is 8.40. The second-order valence-corrected chi connectivity index (χ2v) is 12.3. The summed E-state index contributed by atoms with van der Waals surface area (Å²) in [5.41, 5.74) is 3.10. The molecular formula is C35H45N5O7. The average molecular weight is 648 g/mol. The minimum absolute atomic E-state index is 0.106. The number of nitrogens with one attached hydrogen (secondary N) is 2. The Labute approximate surface area is 275 Å². The van der Waals surface area contributed by atoms with Crippen molar-refractivity contribution in [1.29, 1.82) is 0 Å². The smallest absolute Gasteiger partial charge is 0.272 e. The van der Waals surface area contributed by atoms with Gasteiger partial charge in [0, 0.05) is 50.7 Å². The van der Waals surface area contributed by atoms with Crippen molar-refractivity contribution in [2.45, 2.75) is 71.7 Å². The van der Waals surface area contributed by atoms with Crippen LogP contribution in [0.15, 0.2) is 42.5 Å². The van der Waals surface area contributed by atoms with E-state index in [1.54, 1.807) is 34.9 Å². The molecule has 12 nitrogen and oxygen atoms in total. The molecule has 0 radical (unpaired) electrons. The van der Waals surface area contributed by atoms with Gasteiger partial charge >= 0.3 is 0 Å². The number of aromatic nitrogens is 2. The van der Waals surface area contributed by atoms with Crippen LogP contribution in [0.25, 0.3) is 0 Å². The molecule has 4 heterocycles. The summed E-state index contributed by atoms with van der Waals surface area (Å²) in [5, 5.41) is 10.7. The van der Waals surface area contributed by atoms with Gasteiger partial charge in [0.15, 0.2) is 18.1 Å². The molecule has 1 fully saturated rings. The topological polar surface area (TPSA) is 133 Å². The van der Waals surface area contributed by atoms with Gasteiger partial charge in [-0.05, 0) is 61.6 Å². The lowest BCUT2D eigenvalue weighted by atomic mass is 10.0. The van der Waals surface area contributed by atoms with Gasteiger partial charge in [-0.1, -0.05) is 19.9 Å². The van der Waals surface area contributed by atoms with Gasteiger partial charge in [-0.2, -0.15) is 5.10 Å². The van der Waals surface area contributed by atoms with Gasteiger partial charge < -0.3 is 34.5 Å². The minimum Gasteiger partial charge on any atom is -0.496 e. The number of nitrogens with zero attached hydrogens (tertiary/aromatic N) is 3. The third kappa shape index (κ3) is 8.35. The predicted molar refractivity (Wildman–Crippen MR) is 175 cm³/mol. The summed E-state index contributed by atoms with van der Waals surface area (Å²) < 4.78 is 25.2. The molecule has 0 spiro atoms. The molecule has 252 valence electrons. The highest BCUT2D eigenvalue weighted by molar-refractivity contribution is 5.93. The van der Waals surface area contributed by atoms with Crippen LogP contribution in [-0.4, -0.2) is 78.5 Å². The number of amides is 3. The van der Waals surface area contributed by atoms with Crippen molar-refractivity contribution in [2.75, 3.05) is 33.9 Å². The molecule has 1 saturated heterocycles. The highest BCUT2D eigenvalue weighted by Crippen LogP contribution is 2.30. The van der Waals surface area contributed by atoms with Crippen LogP contribution in [0, 0.1) is 5.92 Å². The van der Waals surface area contributed by atoms with Crippen LogP contribution in [0.2, 0.25) is 0 Å². The monoisotopic (exact) mass is 647 g/mol. The van der Waals surface area contributed by atoms with Crippen LogP contribution < -0.4 is 29.6 Å². The summed E-state index contributed by atoms with van der Waals surface area (Å²) in [6.45, 7) is 7.48. The van der Waals surface area contributed by atoms with E-state index in [0.29, 0.717) is 67.1 Å². The number of methoxy groups -OCH3 is 2. The van der Waals surface area contributed by atoms with Crippen LogP contribution in [-0.2, 0) is 35.5 Å². The molecule has 3 aliphatic rings. The lowest BCUT2D eigenvalue weighted by Gasteiger charge is -2.38. The van der Waals surface area contributed by atoms with Gasteiger partial charge in [0.05, 0.1) is 26.0 Å². The van der Waals surface area contributed by atoms with Gasteiger partial charge in [0.2, 0.25) is 5.91 Å². The summed E-state index contributed by atoms with van der Waals surface area (Å²) in [6, 6.07) is 12.2. The van der Waals surface area contributed by atoms with Gasteiger partial charge in [-0.25, -0.2) is 0 Å². The molecule has 1 aromatic heterocycles. The molecule has 4 bridgehead atoms. The number of benzene rings is 2. The van der Waals surface area contributed by atoms with E-state index >= 15 is 0 Å². The zero-order valence-electron chi connectivity index (χ0n) is 27.8. The van der Waals surface area contributed by atoms with Crippen LogP contribution in [0.4, 0.5) is 0 Å². The Bertz CT molecular complexity index is 1590. The van der Waals surface area contributed by atoms with Crippen molar-refractivity contribution in [1.82, 2.24) is 25.3 Å². The van der Waals surface area contributed by atoms with E-state index in [4.69, 9.17) is 18.9 Å². The molecule has 0 unspecified atom stereocenters. The largest absolute Gasteiger partial charge is 0.496 e. The van der Waals surface area contributed by atoms with Gasteiger partial charge in [-0.3, -0.25) is 19.1 Å². The number of aryl methyl sites for hydroxylation is 2. The number of rotatable bonds is 6. The van der Waals surface area contributed by atoms with Crippen molar-refractivity contribution < 1.29 is 33.3 Å². The summed E-state index contributed by atoms with van der Waals surface area (Å²) in [4.78, 5) is 41.6. The number of hydrogen-bond acceptors (Lipinski definition) is 8. The molecule has 2 N–H and O–H groups in total. The van der Waals surface area contributed by atoms with Crippen LogP contribution in [0.3, 0.4) is 0 Å². The Hall–Kier alpha value is -4.74. The molecule has 2 atom stereocenters. The van der Waals surface area contributed by atoms with E-state index in [1.807, 2.05) is 31.2 Å². The summed E-state index contributed by atoms with van der Waals surface area (Å²) in [7, 11) is 3.10. The lowest BCUT2D eigenvalue weighted by Crippen LogP contribution is -2.58. The third-order valence-electron chi connectivity index (χ3n) is 8.40. The van der Waals surface area contributed by atoms with Crippen molar-refractivity contribution in [3.8, 4) is 23.0 Å². The molecule has 3 aliphatic heterocycles. The van der Waals surface area contributed by atoms with E-state index < -0.39 is 12.1 Å². The zero-order chi connectivity index (χ0) is 33.5. The molecule has 3 aromatic rings. The normalized spacial score (nSPS) is 18.9. The molecule has 3 amide bonds. The summed E-state index contributed by atoms with van der Waals surface area (Å²) >= 11 is 0. The van der Waals surface area contributed by atoms with E-state index in [2.05, 4.69) is 29.6 Å². The first kappa shape index (κ1) is 33.6. The standard InChI is InChI=1S/C35H45N5O7/c1-6-40-28(17-25(38-40)15-22(2)3)35(43)39-14-13-29-27(20-39)37-34(42)21-46-32-16-23(7-11-30(32)44-4)8-12-33(41)36-19-24-9-10-26(47-29)18-31(24)45-5/h7,9-11,16-18,22,27,29H,6,8,12-15,19-21H2,1-5H3,(H,36,41)(H,37,42)/t27-,29+/m1/s1. The SMILES string of the molecule is CCn1nc(CC(C)C)cc1C(=O)N1CC[C@@H]2Oc3ccc(c(OC)c3)CNC(=O)CCc3ccc(OC)c(c3)OCC(=O)N[C@@H]2C1. The number of fused-ring (bicyclic) bond motifs is 9. The second-order valence-electron chi connectivity index (χ2n) is 12.3. The molecule has 0 aliphatic carbocycles. The maximum atomic E-state index is 13.9. The molecule has 47 heavy (non-hydrogen) atoms. The van der Waals surface area contributed by atoms with Crippen LogP contribution in [0.1, 0.15) is 60.9 Å². The van der Waals surface area contributed by atoms with Gasteiger partial charge in [0.1, 0.15) is 23.3 Å². The Morgan fingerprint density at radius 1 is 1.04 bits per heavy atom. The average Bonchev–Trinajstić information content (AvgIpc) is 3.47. The van der Waals surface area contributed by atoms with E-state index in [-0.39, 0.29) is 37.3 Å². The number of likely N-dealkylation sites (tertiary alicyclic amines) is 1. The maximum absolute atomic E-state index is 13.9.